The van der Waals surface area contributed by atoms with E-state index >= 15 is 0 Å². The van der Waals surface area contributed by atoms with Gasteiger partial charge in [0.2, 0.25) is 5.75 Å². The predicted octanol–water partition coefficient (Wildman–Crippen LogP) is 2.71. The van der Waals surface area contributed by atoms with Crippen LogP contribution >= 0.6 is 0 Å². The van der Waals surface area contributed by atoms with Gasteiger partial charge in [-0.25, -0.2) is 0 Å². The van der Waals surface area contributed by atoms with Gasteiger partial charge < -0.3 is 24.4 Å². The van der Waals surface area contributed by atoms with Crippen LogP contribution in [0.5, 0.6) is 17.2 Å². The van der Waals surface area contributed by atoms with Crippen molar-refractivity contribution in [3.8, 4) is 17.2 Å². The van der Waals surface area contributed by atoms with Gasteiger partial charge in [-0.15, -0.1) is 0 Å². The lowest BCUT2D eigenvalue weighted by Gasteiger charge is -2.32. The Bertz CT molecular complexity index is 805. The van der Waals surface area contributed by atoms with Gasteiger partial charge in [0, 0.05) is 44.0 Å². The van der Waals surface area contributed by atoms with E-state index in [1.807, 2.05) is 12.1 Å². The van der Waals surface area contributed by atoms with Crippen LogP contribution in [0.4, 0.5) is 5.69 Å². The Morgan fingerprint density at radius 3 is 2.03 bits per heavy atom. The normalized spacial score (nSPS) is 15.0. The van der Waals surface area contributed by atoms with Crippen molar-refractivity contribution in [3.05, 3.63) is 47.5 Å². The summed E-state index contributed by atoms with van der Waals surface area (Å²) in [5, 5.41) is 2.92. The van der Waals surface area contributed by atoms with Gasteiger partial charge in [0.05, 0.1) is 21.3 Å². The average Bonchev–Trinajstić information content (AvgIpc) is 2.75. The molecule has 0 radical (unpaired) electrons. The molecule has 0 atom stereocenters. The zero-order chi connectivity index (χ0) is 20.8. The minimum absolute atomic E-state index is 0.240. The molecule has 7 heteroatoms. The lowest BCUT2D eigenvalue weighted by molar-refractivity contribution is 0.102. The molecule has 0 aliphatic carbocycles. The Balaban J connectivity index is 1.66. The highest BCUT2D eigenvalue weighted by Crippen LogP contribution is 2.38. The maximum atomic E-state index is 12.7. The van der Waals surface area contributed by atoms with Crippen LogP contribution in [-0.2, 0) is 6.54 Å². The fourth-order valence-electron chi connectivity index (χ4n) is 3.37. The van der Waals surface area contributed by atoms with Crippen LogP contribution in [0, 0.1) is 0 Å². The van der Waals surface area contributed by atoms with Crippen molar-refractivity contribution in [3.63, 3.8) is 0 Å². The number of ether oxygens (including phenoxy) is 3. The van der Waals surface area contributed by atoms with Crippen molar-refractivity contribution in [2.75, 3.05) is 59.9 Å². The molecule has 2 aromatic rings. The van der Waals surface area contributed by atoms with Gasteiger partial charge in [-0.3, -0.25) is 9.69 Å². The van der Waals surface area contributed by atoms with Crippen LogP contribution in [0.3, 0.4) is 0 Å². The SMILES string of the molecule is COc1cc(C(=O)Nc2ccc(CN3CCN(C)CC3)cc2)cc(OC)c1OC. The number of carbonyl (C=O) groups is 1. The Morgan fingerprint density at radius 2 is 1.52 bits per heavy atom. The monoisotopic (exact) mass is 399 g/mol. The van der Waals surface area contributed by atoms with E-state index < -0.39 is 0 Å². The van der Waals surface area contributed by atoms with Crippen LogP contribution in [-0.4, -0.2) is 70.3 Å². The highest BCUT2D eigenvalue weighted by molar-refractivity contribution is 6.05. The number of nitrogens with zero attached hydrogens (tertiary/aromatic N) is 2. The first kappa shape index (κ1) is 21.0. The van der Waals surface area contributed by atoms with E-state index in [4.69, 9.17) is 14.2 Å². The van der Waals surface area contributed by atoms with Crippen molar-refractivity contribution in [1.82, 2.24) is 9.80 Å². The highest BCUT2D eigenvalue weighted by atomic mass is 16.5. The van der Waals surface area contributed by atoms with Crippen LogP contribution in [0.25, 0.3) is 0 Å². The lowest BCUT2D eigenvalue weighted by Crippen LogP contribution is -2.43. The molecule has 1 heterocycles. The molecule has 0 unspecified atom stereocenters. The Hall–Kier alpha value is -2.77. The lowest BCUT2D eigenvalue weighted by atomic mass is 10.1. The molecule has 7 nitrogen and oxygen atoms in total. The number of rotatable bonds is 7. The second-order valence-corrected chi connectivity index (χ2v) is 7.14. The van der Waals surface area contributed by atoms with Gasteiger partial charge in [-0.05, 0) is 36.9 Å². The maximum Gasteiger partial charge on any atom is 0.255 e. The second kappa shape index (κ2) is 9.62. The molecule has 0 saturated carbocycles. The van der Waals surface area contributed by atoms with Crippen molar-refractivity contribution < 1.29 is 19.0 Å². The Morgan fingerprint density at radius 1 is 0.931 bits per heavy atom. The largest absolute Gasteiger partial charge is 0.493 e. The topological polar surface area (TPSA) is 63.3 Å². The number of hydrogen-bond acceptors (Lipinski definition) is 6. The number of hydrogen-bond donors (Lipinski definition) is 1. The molecule has 0 bridgehead atoms. The van der Waals surface area contributed by atoms with Crippen LogP contribution in [0.2, 0.25) is 0 Å². The van der Waals surface area contributed by atoms with E-state index in [1.54, 1.807) is 12.1 Å². The zero-order valence-electron chi connectivity index (χ0n) is 17.5. The quantitative estimate of drug-likeness (QED) is 0.772. The van der Waals surface area contributed by atoms with E-state index in [0.29, 0.717) is 22.8 Å². The Labute approximate surface area is 172 Å². The fourth-order valence-corrected chi connectivity index (χ4v) is 3.37. The van der Waals surface area contributed by atoms with Gasteiger partial charge in [0.1, 0.15) is 0 Å². The smallest absolute Gasteiger partial charge is 0.255 e. The first-order valence-corrected chi connectivity index (χ1v) is 9.65. The van der Waals surface area contributed by atoms with Crippen LogP contribution in [0.1, 0.15) is 15.9 Å². The number of carbonyl (C=O) groups excluding carboxylic acids is 1. The summed E-state index contributed by atoms with van der Waals surface area (Å²) < 4.78 is 15.9. The molecule has 1 aliphatic heterocycles. The van der Waals surface area contributed by atoms with E-state index in [2.05, 4.69) is 34.3 Å². The van der Waals surface area contributed by atoms with Gasteiger partial charge >= 0.3 is 0 Å². The third-order valence-electron chi connectivity index (χ3n) is 5.14. The molecule has 1 N–H and O–H groups in total. The van der Waals surface area contributed by atoms with Gasteiger partial charge in [-0.2, -0.15) is 0 Å². The second-order valence-electron chi connectivity index (χ2n) is 7.14. The summed E-state index contributed by atoms with van der Waals surface area (Å²) in [6.07, 6.45) is 0. The summed E-state index contributed by atoms with van der Waals surface area (Å²) >= 11 is 0. The molecule has 1 fully saturated rings. The summed E-state index contributed by atoms with van der Waals surface area (Å²) in [5.74, 6) is 1.11. The van der Waals surface area contributed by atoms with Crippen molar-refractivity contribution in [2.24, 2.45) is 0 Å². The Kier molecular flexibility index (Phi) is 6.95. The molecule has 156 valence electrons. The molecule has 0 aromatic heterocycles. The van der Waals surface area contributed by atoms with Crippen molar-refractivity contribution in [1.29, 1.82) is 0 Å². The zero-order valence-corrected chi connectivity index (χ0v) is 17.5. The van der Waals surface area contributed by atoms with Crippen molar-refractivity contribution in [2.45, 2.75) is 6.54 Å². The van der Waals surface area contributed by atoms with E-state index in [1.165, 1.54) is 26.9 Å². The number of benzene rings is 2. The molecule has 0 spiro atoms. The third-order valence-corrected chi connectivity index (χ3v) is 5.14. The summed E-state index contributed by atoms with van der Waals surface area (Å²) in [6, 6.07) is 11.3. The van der Waals surface area contributed by atoms with E-state index in [-0.39, 0.29) is 5.91 Å². The number of likely N-dealkylation sites (N-methyl/N-ethyl adjacent to an activating group) is 1. The van der Waals surface area contributed by atoms with E-state index in [9.17, 15) is 4.79 Å². The molecular formula is C22H29N3O4. The first-order valence-electron chi connectivity index (χ1n) is 9.65. The van der Waals surface area contributed by atoms with Crippen molar-refractivity contribution >= 4 is 11.6 Å². The molecule has 29 heavy (non-hydrogen) atoms. The molecule has 1 aliphatic rings. The minimum atomic E-state index is -0.240. The van der Waals surface area contributed by atoms with Crippen LogP contribution in [0.15, 0.2) is 36.4 Å². The molecule has 3 rings (SSSR count). The summed E-state index contributed by atoms with van der Waals surface area (Å²) in [5.41, 5.74) is 2.41. The molecular weight excluding hydrogens is 370 g/mol. The maximum absolute atomic E-state index is 12.7. The highest BCUT2D eigenvalue weighted by Gasteiger charge is 2.17. The molecule has 1 amide bonds. The van der Waals surface area contributed by atoms with Gasteiger partial charge in [0.25, 0.3) is 5.91 Å². The summed E-state index contributed by atoms with van der Waals surface area (Å²) in [6.45, 7) is 5.28. The van der Waals surface area contributed by atoms with E-state index in [0.717, 1.165) is 38.4 Å². The molecule has 1 saturated heterocycles. The average molecular weight is 399 g/mol. The van der Waals surface area contributed by atoms with Gasteiger partial charge in [-0.1, -0.05) is 12.1 Å². The standard InChI is InChI=1S/C22H29N3O4/c1-24-9-11-25(12-10-24)15-16-5-7-18(8-6-16)23-22(26)17-13-19(27-2)21(29-4)20(14-17)28-3/h5-8,13-14H,9-12,15H2,1-4H3,(H,23,26). The first-order chi connectivity index (χ1) is 14.0. The number of amides is 1. The number of piperazine rings is 1. The van der Waals surface area contributed by atoms with Crippen LogP contribution < -0.4 is 19.5 Å². The molecule has 2 aromatic carbocycles. The number of nitrogens with one attached hydrogen (secondary N) is 1. The summed E-state index contributed by atoms with van der Waals surface area (Å²) in [7, 11) is 6.74. The predicted molar refractivity (Wildman–Crippen MR) is 113 cm³/mol. The van der Waals surface area contributed by atoms with Gasteiger partial charge in [0.15, 0.2) is 11.5 Å². The number of methoxy groups -OCH3 is 3. The summed E-state index contributed by atoms with van der Waals surface area (Å²) in [4.78, 5) is 17.5. The minimum Gasteiger partial charge on any atom is -0.493 e. The fraction of sp³-hybridized carbons (Fsp3) is 0.409. The third kappa shape index (κ3) is 5.19. The number of anilines is 1.